The predicted molar refractivity (Wildman–Crippen MR) is 81.7 cm³/mol. The first-order valence-electron chi connectivity index (χ1n) is 6.63. The van der Waals surface area contributed by atoms with Gasteiger partial charge < -0.3 is 20.5 Å². The summed E-state index contributed by atoms with van der Waals surface area (Å²) in [6.07, 6.45) is 0. The van der Waals surface area contributed by atoms with Crippen molar-refractivity contribution in [1.82, 2.24) is 5.32 Å². The molecule has 2 aromatic rings. The van der Waals surface area contributed by atoms with Gasteiger partial charge in [0.05, 0.1) is 5.69 Å². The van der Waals surface area contributed by atoms with Crippen LogP contribution >= 0.6 is 0 Å². The van der Waals surface area contributed by atoms with Gasteiger partial charge in [-0.2, -0.15) is 0 Å². The first kappa shape index (κ1) is 14.7. The van der Waals surface area contributed by atoms with E-state index in [0.717, 1.165) is 5.75 Å². The Balaban J connectivity index is 1.85. The molecule has 5 heteroatoms. The van der Waals surface area contributed by atoms with Crippen molar-refractivity contribution < 1.29 is 14.3 Å². The molecule has 0 saturated carbocycles. The molecule has 0 heterocycles. The largest absolute Gasteiger partial charge is 0.490 e. The van der Waals surface area contributed by atoms with Gasteiger partial charge in [-0.25, -0.2) is 0 Å². The lowest BCUT2D eigenvalue weighted by molar-refractivity contribution is 0.0963. The highest BCUT2D eigenvalue weighted by Gasteiger charge is 2.07. The Labute approximate surface area is 123 Å². The Bertz CT molecular complexity index is 600. The normalized spacial score (nSPS) is 9.95. The molecule has 0 aliphatic rings. The van der Waals surface area contributed by atoms with Crippen LogP contribution in [0.15, 0.2) is 48.5 Å². The van der Waals surface area contributed by atoms with Gasteiger partial charge >= 0.3 is 0 Å². The molecule has 3 N–H and O–H groups in total. The molecule has 110 valence electrons. The summed E-state index contributed by atoms with van der Waals surface area (Å²) in [5.41, 5.74) is 6.79. The van der Waals surface area contributed by atoms with Crippen LogP contribution in [0.5, 0.6) is 11.5 Å². The van der Waals surface area contributed by atoms with Crippen molar-refractivity contribution in [1.29, 1.82) is 0 Å². The Morgan fingerprint density at radius 1 is 1.10 bits per heavy atom. The molecule has 5 nitrogen and oxygen atoms in total. The lowest BCUT2D eigenvalue weighted by atomic mass is 10.2. The van der Waals surface area contributed by atoms with Crippen LogP contribution in [-0.2, 0) is 0 Å². The number of benzene rings is 2. The van der Waals surface area contributed by atoms with Crippen LogP contribution in [0.3, 0.4) is 0 Å². The minimum atomic E-state index is -0.180. The average molecular weight is 286 g/mol. The van der Waals surface area contributed by atoms with Crippen molar-refractivity contribution in [2.24, 2.45) is 0 Å². The summed E-state index contributed by atoms with van der Waals surface area (Å²) in [5.74, 6) is 1.16. The number of hydrogen-bond acceptors (Lipinski definition) is 4. The summed E-state index contributed by atoms with van der Waals surface area (Å²) >= 11 is 0. The van der Waals surface area contributed by atoms with Crippen LogP contribution in [0.25, 0.3) is 0 Å². The van der Waals surface area contributed by atoms with E-state index in [2.05, 4.69) is 5.32 Å². The lowest BCUT2D eigenvalue weighted by Gasteiger charge is -2.11. The van der Waals surface area contributed by atoms with Gasteiger partial charge in [0.25, 0.3) is 5.91 Å². The summed E-state index contributed by atoms with van der Waals surface area (Å²) in [7, 11) is 1.57. The number of amides is 1. The number of carbonyl (C=O) groups is 1. The summed E-state index contributed by atoms with van der Waals surface area (Å²) < 4.78 is 11.1. The molecule has 0 atom stereocenters. The van der Waals surface area contributed by atoms with E-state index in [1.54, 1.807) is 25.2 Å². The second kappa shape index (κ2) is 7.19. The van der Waals surface area contributed by atoms with E-state index in [0.29, 0.717) is 30.2 Å². The van der Waals surface area contributed by atoms with E-state index in [1.165, 1.54) is 0 Å². The molecule has 21 heavy (non-hydrogen) atoms. The maximum absolute atomic E-state index is 11.5. The van der Waals surface area contributed by atoms with E-state index in [4.69, 9.17) is 15.2 Å². The number of hydrogen-bond donors (Lipinski definition) is 2. The van der Waals surface area contributed by atoms with E-state index in [9.17, 15) is 4.79 Å². The molecule has 0 radical (unpaired) electrons. The Kier molecular flexibility index (Phi) is 5.04. The number of para-hydroxylation sites is 1. The van der Waals surface area contributed by atoms with E-state index in [1.807, 2.05) is 30.3 Å². The van der Waals surface area contributed by atoms with Gasteiger partial charge in [-0.05, 0) is 30.3 Å². The Morgan fingerprint density at radius 2 is 1.81 bits per heavy atom. The van der Waals surface area contributed by atoms with Gasteiger partial charge in [-0.1, -0.05) is 18.2 Å². The molecule has 0 saturated heterocycles. The first-order chi connectivity index (χ1) is 10.2. The van der Waals surface area contributed by atoms with Crippen LogP contribution in [0.2, 0.25) is 0 Å². The monoisotopic (exact) mass is 286 g/mol. The van der Waals surface area contributed by atoms with Crippen molar-refractivity contribution in [2.75, 3.05) is 26.0 Å². The molecule has 2 aromatic carbocycles. The van der Waals surface area contributed by atoms with Crippen molar-refractivity contribution in [2.45, 2.75) is 0 Å². The molecular weight excluding hydrogens is 268 g/mol. The van der Waals surface area contributed by atoms with Crippen molar-refractivity contribution in [3.63, 3.8) is 0 Å². The first-order valence-corrected chi connectivity index (χ1v) is 6.63. The molecule has 0 fully saturated rings. The number of nitrogens with two attached hydrogens (primary N) is 1. The number of anilines is 1. The number of ether oxygens (including phenoxy) is 2. The van der Waals surface area contributed by atoms with Crippen molar-refractivity contribution >= 4 is 11.6 Å². The molecule has 1 amide bonds. The SMILES string of the molecule is CNC(=O)c1ccc(OCCOc2ccccc2)c(N)c1. The highest BCUT2D eigenvalue weighted by atomic mass is 16.5. The van der Waals surface area contributed by atoms with Gasteiger partial charge in [-0.15, -0.1) is 0 Å². The van der Waals surface area contributed by atoms with Crippen LogP contribution in [0, 0.1) is 0 Å². The summed E-state index contributed by atoms with van der Waals surface area (Å²) in [4.78, 5) is 11.5. The van der Waals surface area contributed by atoms with Crippen LogP contribution in [0.1, 0.15) is 10.4 Å². The Hall–Kier alpha value is -2.69. The number of carbonyl (C=O) groups excluding carboxylic acids is 1. The second-order valence-corrected chi connectivity index (χ2v) is 4.34. The lowest BCUT2D eigenvalue weighted by Crippen LogP contribution is -2.18. The number of nitrogen functional groups attached to an aromatic ring is 1. The predicted octanol–water partition coefficient (Wildman–Crippen LogP) is 2.09. The third-order valence-corrected chi connectivity index (χ3v) is 2.85. The fourth-order valence-electron chi connectivity index (χ4n) is 1.79. The summed E-state index contributed by atoms with van der Waals surface area (Å²) in [6.45, 7) is 0.791. The zero-order valence-corrected chi connectivity index (χ0v) is 11.8. The standard InChI is InChI=1S/C16H18N2O3/c1-18-16(19)12-7-8-15(14(17)11-12)21-10-9-20-13-5-3-2-4-6-13/h2-8,11H,9-10,17H2,1H3,(H,18,19). The minimum absolute atomic E-state index is 0.180. The molecular formula is C16H18N2O3. The highest BCUT2D eigenvalue weighted by Crippen LogP contribution is 2.22. The molecule has 0 bridgehead atoms. The topological polar surface area (TPSA) is 73.6 Å². The maximum Gasteiger partial charge on any atom is 0.251 e. The van der Waals surface area contributed by atoms with Gasteiger partial charge in [0.2, 0.25) is 0 Å². The molecule has 2 rings (SSSR count). The van der Waals surface area contributed by atoms with Crippen molar-refractivity contribution in [3.05, 3.63) is 54.1 Å². The van der Waals surface area contributed by atoms with Gasteiger partial charge in [0.1, 0.15) is 24.7 Å². The summed E-state index contributed by atoms with van der Waals surface area (Å²) in [5, 5.41) is 2.54. The number of nitrogens with one attached hydrogen (secondary N) is 1. The minimum Gasteiger partial charge on any atom is -0.490 e. The molecule has 0 aliphatic carbocycles. The van der Waals surface area contributed by atoms with E-state index in [-0.39, 0.29) is 5.91 Å². The fraction of sp³-hybridized carbons (Fsp3) is 0.188. The Morgan fingerprint density at radius 3 is 2.48 bits per heavy atom. The summed E-state index contributed by atoms with van der Waals surface area (Å²) in [6, 6.07) is 14.5. The quantitative estimate of drug-likeness (QED) is 0.630. The molecule has 0 aliphatic heterocycles. The van der Waals surface area contributed by atoms with Crippen LogP contribution in [-0.4, -0.2) is 26.2 Å². The third-order valence-electron chi connectivity index (χ3n) is 2.85. The molecule has 0 spiro atoms. The average Bonchev–Trinajstić information content (AvgIpc) is 2.53. The smallest absolute Gasteiger partial charge is 0.251 e. The van der Waals surface area contributed by atoms with Gasteiger partial charge in [0.15, 0.2) is 0 Å². The third kappa shape index (κ3) is 4.14. The number of rotatable bonds is 6. The fourth-order valence-corrected chi connectivity index (χ4v) is 1.79. The molecule has 0 aromatic heterocycles. The van der Waals surface area contributed by atoms with Crippen LogP contribution < -0.4 is 20.5 Å². The zero-order chi connectivity index (χ0) is 15.1. The van der Waals surface area contributed by atoms with Gasteiger partial charge in [0, 0.05) is 12.6 Å². The molecule has 0 unspecified atom stereocenters. The van der Waals surface area contributed by atoms with Gasteiger partial charge in [-0.3, -0.25) is 4.79 Å². The maximum atomic E-state index is 11.5. The van der Waals surface area contributed by atoms with E-state index >= 15 is 0 Å². The zero-order valence-electron chi connectivity index (χ0n) is 11.8. The van der Waals surface area contributed by atoms with Crippen molar-refractivity contribution in [3.8, 4) is 11.5 Å². The second-order valence-electron chi connectivity index (χ2n) is 4.34. The highest BCUT2D eigenvalue weighted by molar-refractivity contribution is 5.95. The van der Waals surface area contributed by atoms with E-state index < -0.39 is 0 Å². The van der Waals surface area contributed by atoms with Crippen LogP contribution in [0.4, 0.5) is 5.69 Å².